The highest BCUT2D eigenvalue weighted by molar-refractivity contribution is 8.01. The monoisotopic (exact) mass is 302 g/mol. The van der Waals surface area contributed by atoms with Crippen LogP contribution in [0.5, 0.6) is 0 Å². The van der Waals surface area contributed by atoms with Crippen molar-refractivity contribution in [2.24, 2.45) is 0 Å². The average molecular weight is 302 g/mol. The smallest absolute Gasteiger partial charge is 0.313 e. The van der Waals surface area contributed by atoms with E-state index < -0.39 is 5.97 Å². The first kappa shape index (κ1) is 14.5. The van der Waals surface area contributed by atoms with Crippen LogP contribution in [0.1, 0.15) is 13.8 Å². The lowest BCUT2D eigenvalue weighted by molar-refractivity contribution is -0.133. The van der Waals surface area contributed by atoms with E-state index in [4.69, 9.17) is 5.11 Å². The van der Waals surface area contributed by atoms with Crippen molar-refractivity contribution in [1.29, 1.82) is 0 Å². The number of carboxylic acid groups (broad SMARTS) is 1. The van der Waals surface area contributed by atoms with Crippen LogP contribution in [0.2, 0.25) is 0 Å². The molecule has 1 aliphatic rings. The molecule has 1 aromatic heterocycles. The van der Waals surface area contributed by atoms with Gasteiger partial charge in [-0.15, -0.1) is 10.2 Å². The molecular formula is C11H18N4O2S2. The van der Waals surface area contributed by atoms with E-state index in [-0.39, 0.29) is 5.75 Å². The lowest BCUT2D eigenvalue weighted by Crippen LogP contribution is -2.55. The van der Waals surface area contributed by atoms with E-state index in [1.54, 1.807) is 0 Å². The lowest BCUT2D eigenvalue weighted by atomic mass is 10.1. The summed E-state index contributed by atoms with van der Waals surface area (Å²) in [6.45, 7) is 6.26. The van der Waals surface area contributed by atoms with Crippen LogP contribution in [-0.4, -0.2) is 64.1 Å². The molecule has 106 valence electrons. The van der Waals surface area contributed by atoms with Crippen molar-refractivity contribution in [3.8, 4) is 0 Å². The van der Waals surface area contributed by atoms with Gasteiger partial charge >= 0.3 is 5.97 Å². The van der Waals surface area contributed by atoms with Crippen LogP contribution in [0, 0.1) is 0 Å². The normalized spacial score (nSPS) is 24.7. The van der Waals surface area contributed by atoms with Crippen molar-refractivity contribution in [3.05, 3.63) is 0 Å². The molecule has 0 saturated carbocycles. The van der Waals surface area contributed by atoms with Gasteiger partial charge in [-0.3, -0.25) is 9.69 Å². The molecule has 6 nitrogen and oxygen atoms in total. The molecule has 1 saturated heterocycles. The zero-order valence-corrected chi connectivity index (χ0v) is 12.9. The minimum atomic E-state index is -0.830. The number of thioether (sulfide) groups is 1. The van der Waals surface area contributed by atoms with E-state index in [2.05, 4.69) is 40.9 Å². The highest BCUT2D eigenvalue weighted by Gasteiger charge is 2.28. The summed E-state index contributed by atoms with van der Waals surface area (Å²) in [6.07, 6.45) is 0. The Morgan fingerprint density at radius 2 is 2.05 bits per heavy atom. The molecule has 0 radical (unpaired) electrons. The summed E-state index contributed by atoms with van der Waals surface area (Å²) >= 11 is 2.70. The Labute approximate surface area is 120 Å². The maximum atomic E-state index is 10.5. The highest BCUT2D eigenvalue weighted by Crippen LogP contribution is 2.29. The predicted molar refractivity (Wildman–Crippen MR) is 77.2 cm³/mol. The zero-order chi connectivity index (χ0) is 14.0. The van der Waals surface area contributed by atoms with Crippen LogP contribution in [-0.2, 0) is 4.79 Å². The largest absolute Gasteiger partial charge is 0.481 e. The molecule has 2 heterocycles. The van der Waals surface area contributed by atoms with Crippen LogP contribution < -0.4 is 4.90 Å². The number of anilines is 1. The molecule has 1 aromatic rings. The molecule has 2 atom stereocenters. The Hall–Kier alpha value is -0.860. The Balaban J connectivity index is 2.00. The summed E-state index contributed by atoms with van der Waals surface area (Å²) < 4.78 is 0.719. The van der Waals surface area contributed by atoms with Crippen molar-refractivity contribution in [3.63, 3.8) is 0 Å². The third-order valence-corrected chi connectivity index (χ3v) is 5.45. The van der Waals surface area contributed by atoms with Crippen molar-refractivity contribution < 1.29 is 9.90 Å². The summed E-state index contributed by atoms with van der Waals surface area (Å²) in [6, 6.07) is 0.950. The molecule has 2 rings (SSSR count). The fourth-order valence-electron chi connectivity index (χ4n) is 2.07. The molecule has 2 unspecified atom stereocenters. The quantitative estimate of drug-likeness (QED) is 0.839. The molecule has 0 amide bonds. The second-order valence-corrected chi connectivity index (χ2v) is 6.98. The number of aromatic nitrogens is 2. The Bertz CT molecular complexity index is 442. The minimum absolute atomic E-state index is 0.0319. The molecule has 1 aliphatic heterocycles. The summed E-state index contributed by atoms with van der Waals surface area (Å²) in [7, 11) is 2.14. The van der Waals surface area contributed by atoms with Gasteiger partial charge in [0.2, 0.25) is 5.13 Å². The third kappa shape index (κ3) is 3.58. The van der Waals surface area contributed by atoms with Gasteiger partial charge in [0.15, 0.2) is 4.34 Å². The van der Waals surface area contributed by atoms with Crippen LogP contribution in [0.4, 0.5) is 5.13 Å². The molecule has 0 aliphatic carbocycles. The summed E-state index contributed by atoms with van der Waals surface area (Å²) in [4.78, 5) is 15.1. The van der Waals surface area contributed by atoms with E-state index >= 15 is 0 Å². The second kappa shape index (κ2) is 6.06. The summed E-state index contributed by atoms with van der Waals surface area (Å²) in [5.41, 5.74) is 0. The van der Waals surface area contributed by atoms with Gasteiger partial charge < -0.3 is 10.0 Å². The van der Waals surface area contributed by atoms with Crippen molar-refractivity contribution in [1.82, 2.24) is 15.1 Å². The fraction of sp³-hybridized carbons (Fsp3) is 0.727. The van der Waals surface area contributed by atoms with Crippen molar-refractivity contribution in [2.75, 3.05) is 30.8 Å². The van der Waals surface area contributed by atoms with Gasteiger partial charge in [-0.2, -0.15) is 0 Å². The molecule has 0 bridgehead atoms. The molecule has 1 N–H and O–H groups in total. The minimum Gasteiger partial charge on any atom is -0.481 e. The van der Waals surface area contributed by atoms with Gasteiger partial charge in [0.1, 0.15) is 0 Å². The molecule has 0 spiro atoms. The van der Waals surface area contributed by atoms with Crippen LogP contribution in [0.15, 0.2) is 4.34 Å². The standard InChI is InChI=1S/C11H18N4O2S2/c1-7-4-15(5-8(2)14(7)3)10-12-13-11(19-10)18-6-9(16)17/h7-8H,4-6H2,1-3H3,(H,16,17). The lowest BCUT2D eigenvalue weighted by Gasteiger charge is -2.42. The molecule has 1 fully saturated rings. The van der Waals surface area contributed by atoms with E-state index in [0.717, 1.165) is 22.6 Å². The number of aliphatic carboxylic acids is 1. The Morgan fingerprint density at radius 3 is 2.63 bits per heavy atom. The highest BCUT2D eigenvalue weighted by atomic mass is 32.2. The molecule has 8 heteroatoms. The number of rotatable bonds is 4. The number of hydrogen-bond acceptors (Lipinski definition) is 7. The van der Waals surface area contributed by atoms with Gasteiger partial charge in [-0.25, -0.2) is 0 Å². The van der Waals surface area contributed by atoms with Crippen LogP contribution in [0.3, 0.4) is 0 Å². The molecule has 19 heavy (non-hydrogen) atoms. The average Bonchev–Trinajstić information content (AvgIpc) is 2.81. The van der Waals surface area contributed by atoms with E-state index in [1.165, 1.54) is 23.1 Å². The van der Waals surface area contributed by atoms with Gasteiger partial charge in [-0.1, -0.05) is 23.1 Å². The summed E-state index contributed by atoms with van der Waals surface area (Å²) in [5.74, 6) is -0.798. The van der Waals surface area contributed by atoms with Crippen molar-refractivity contribution in [2.45, 2.75) is 30.3 Å². The molecule has 0 aromatic carbocycles. The van der Waals surface area contributed by atoms with Gasteiger partial charge in [-0.05, 0) is 20.9 Å². The number of carboxylic acids is 1. The zero-order valence-electron chi connectivity index (χ0n) is 11.2. The number of nitrogens with zero attached hydrogens (tertiary/aromatic N) is 4. The Morgan fingerprint density at radius 1 is 1.42 bits per heavy atom. The van der Waals surface area contributed by atoms with Gasteiger partial charge in [0, 0.05) is 25.2 Å². The van der Waals surface area contributed by atoms with Gasteiger partial charge in [0.05, 0.1) is 5.75 Å². The molecular weight excluding hydrogens is 284 g/mol. The van der Waals surface area contributed by atoms with Crippen LogP contribution >= 0.6 is 23.1 Å². The number of piperazine rings is 1. The van der Waals surface area contributed by atoms with E-state index in [9.17, 15) is 4.79 Å². The maximum Gasteiger partial charge on any atom is 0.313 e. The second-order valence-electron chi connectivity index (χ2n) is 4.80. The fourth-order valence-corrected chi connectivity index (χ4v) is 3.65. The topological polar surface area (TPSA) is 69.6 Å². The Kier molecular flexibility index (Phi) is 4.64. The third-order valence-electron chi connectivity index (χ3n) is 3.35. The first-order valence-electron chi connectivity index (χ1n) is 6.12. The van der Waals surface area contributed by atoms with E-state index in [1.807, 2.05) is 0 Å². The van der Waals surface area contributed by atoms with Gasteiger partial charge in [0.25, 0.3) is 0 Å². The van der Waals surface area contributed by atoms with Crippen LogP contribution in [0.25, 0.3) is 0 Å². The van der Waals surface area contributed by atoms with E-state index in [0.29, 0.717) is 12.1 Å². The first-order chi connectivity index (χ1) is 8.97. The van der Waals surface area contributed by atoms with Crippen molar-refractivity contribution >= 4 is 34.2 Å². The SMILES string of the molecule is CC1CN(c2nnc(SCC(=O)O)s2)CC(C)N1C. The number of hydrogen-bond donors (Lipinski definition) is 1. The predicted octanol–water partition coefficient (Wildman–Crippen LogP) is 1.24. The number of carbonyl (C=O) groups is 1. The summed E-state index contributed by atoms with van der Waals surface area (Å²) in [5, 5.41) is 17.8. The number of likely N-dealkylation sites (N-methyl/N-ethyl adjacent to an activating group) is 1. The first-order valence-corrected chi connectivity index (χ1v) is 7.92. The maximum absolute atomic E-state index is 10.5.